The van der Waals surface area contributed by atoms with Crippen molar-refractivity contribution in [2.45, 2.75) is 71.2 Å². The van der Waals surface area contributed by atoms with Crippen LogP contribution in [0.2, 0.25) is 0 Å². The second kappa shape index (κ2) is 4.12. The monoisotopic (exact) mass is 214 g/mol. The maximum Gasteiger partial charge on any atom is 0.338 e. The van der Waals surface area contributed by atoms with Gasteiger partial charge in [0.2, 0.25) is 0 Å². The SMILES string of the molecule is C[C@H]1CCC[C@](C)(C(=O)OC(C)(C)C)O1. The predicted octanol–water partition coefficient (Wildman–Crippen LogP) is 2.68. The van der Waals surface area contributed by atoms with Gasteiger partial charge in [0.1, 0.15) is 5.60 Å². The zero-order valence-electron chi connectivity index (χ0n) is 10.4. The van der Waals surface area contributed by atoms with E-state index < -0.39 is 11.2 Å². The van der Waals surface area contributed by atoms with Crippen molar-refractivity contribution in [2.75, 3.05) is 0 Å². The Bertz CT molecular complexity index is 242. The maximum atomic E-state index is 11.9. The second-order valence-electron chi connectivity index (χ2n) is 5.55. The summed E-state index contributed by atoms with van der Waals surface area (Å²) in [6, 6.07) is 0. The van der Waals surface area contributed by atoms with Gasteiger partial charge in [0.05, 0.1) is 6.10 Å². The average molecular weight is 214 g/mol. The molecule has 0 radical (unpaired) electrons. The quantitative estimate of drug-likeness (QED) is 0.629. The first kappa shape index (κ1) is 12.5. The lowest BCUT2D eigenvalue weighted by Crippen LogP contribution is -2.47. The number of rotatable bonds is 1. The highest BCUT2D eigenvalue weighted by atomic mass is 16.6. The van der Waals surface area contributed by atoms with Gasteiger partial charge in [-0.3, -0.25) is 0 Å². The molecule has 1 heterocycles. The van der Waals surface area contributed by atoms with Gasteiger partial charge in [0.25, 0.3) is 0 Å². The molecule has 1 aliphatic rings. The molecule has 1 fully saturated rings. The first-order chi connectivity index (χ1) is 6.73. The van der Waals surface area contributed by atoms with Crippen molar-refractivity contribution in [3.05, 3.63) is 0 Å². The number of esters is 1. The highest BCUT2D eigenvalue weighted by Gasteiger charge is 2.41. The first-order valence-corrected chi connectivity index (χ1v) is 5.64. The van der Waals surface area contributed by atoms with E-state index in [1.165, 1.54) is 0 Å². The lowest BCUT2D eigenvalue weighted by Gasteiger charge is -2.37. The van der Waals surface area contributed by atoms with Gasteiger partial charge < -0.3 is 9.47 Å². The van der Waals surface area contributed by atoms with Gasteiger partial charge in [-0.05, 0) is 53.9 Å². The molecule has 0 bridgehead atoms. The molecule has 0 unspecified atom stereocenters. The van der Waals surface area contributed by atoms with Crippen LogP contribution in [0, 0.1) is 0 Å². The Hall–Kier alpha value is -0.570. The molecule has 0 aromatic carbocycles. The van der Waals surface area contributed by atoms with Crippen LogP contribution in [0.15, 0.2) is 0 Å². The predicted molar refractivity (Wildman–Crippen MR) is 58.6 cm³/mol. The van der Waals surface area contributed by atoms with Crippen LogP contribution in [0.5, 0.6) is 0 Å². The standard InChI is InChI=1S/C12H22O3/c1-9-7-6-8-12(5,14-9)10(13)15-11(2,3)4/h9H,6-8H2,1-5H3/t9-,12+/m0/s1. The topological polar surface area (TPSA) is 35.5 Å². The summed E-state index contributed by atoms with van der Waals surface area (Å²) >= 11 is 0. The van der Waals surface area contributed by atoms with Crippen LogP contribution in [0.1, 0.15) is 53.9 Å². The van der Waals surface area contributed by atoms with Crippen LogP contribution in [-0.2, 0) is 14.3 Å². The van der Waals surface area contributed by atoms with E-state index in [2.05, 4.69) is 0 Å². The van der Waals surface area contributed by atoms with Crippen molar-refractivity contribution in [1.82, 2.24) is 0 Å². The van der Waals surface area contributed by atoms with E-state index in [4.69, 9.17) is 9.47 Å². The molecule has 1 saturated heterocycles. The Morgan fingerprint density at radius 1 is 1.47 bits per heavy atom. The summed E-state index contributed by atoms with van der Waals surface area (Å²) in [5, 5.41) is 0. The van der Waals surface area contributed by atoms with Gasteiger partial charge in [-0.25, -0.2) is 4.79 Å². The Morgan fingerprint density at radius 3 is 2.53 bits per heavy atom. The van der Waals surface area contributed by atoms with Crippen LogP contribution in [0.25, 0.3) is 0 Å². The van der Waals surface area contributed by atoms with E-state index in [1.807, 2.05) is 34.6 Å². The van der Waals surface area contributed by atoms with Gasteiger partial charge in [-0.15, -0.1) is 0 Å². The molecule has 1 rings (SSSR count). The Balaban J connectivity index is 2.64. The molecule has 0 N–H and O–H groups in total. The zero-order chi connectivity index (χ0) is 11.7. The molecule has 0 amide bonds. The fraction of sp³-hybridized carbons (Fsp3) is 0.917. The lowest BCUT2D eigenvalue weighted by atomic mass is 9.93. The van der Waals surface area contributed by atoms with Crippen molar-refractivity contribution >= 4 is 5.97 Å². The van der Waals surface area contributed by atoms with E-state index in [1.54, 1.807) is 0 Å². The van der Waals surface area contributed by atoms with Crippen molar-refractivity contribution in [2.24, 2.45) is 0 Å². The summed E-state index contributed by atoms with van der Waals surface area (Å²) in [4.78, 5) is 11.9. The lowest BCUT2D eigenvalue weighted by molar-refractivity contribution is -0.194. The molecular formula is C12H22O3. The second-order valence-corrected chi connectivity index (χ2v) is 5.55. The number of hydrogen-bond acceptors (Lipinski definition) is 3. The van der Waals surface area contributed by atoms with Gasteiger partial charge in [0, 0.05) is 0 Å². The highest BCUT2D eigenvalue weighted by Crippen LogP contribution is 2.30. The smallest absolute Gasteiger partial charge is 0.338 e. The van der Waals surface area contributed by atoms with E-state index >= 15 is 0 Å². The van der Waals surface area contributed by atoms with Crippen LogP contribution < -0.4 is 0 Å². The van der Waals surface area contributed by atoms with Gasteiger partial charge >= 0.3 is 5.97 Å². The number of hydrogen-bond donors (Lipinski definition) is 0. The molecular weight excluding hydrogens is 192 g/mol. The fourth-order valence-electron chi connectivity index (χ4n) is 1.82. The minimum absolute atomic E-state index is 0.149. The number of carbonyl (C=O) groups excluding carboxylic acids is 1. The third kappa shape index (κ3) is 3.49. The first-order valence-electron chi connectivity index (χ1n) is 5.64. The third-order valence-corrected chi connectivity index (χ3v) is 2.56. The molecule has 15 heavy (non-hydrogen) atoms. The normalized spacial score (nSPS) is 32.5. The number of ether oxygens (including phenoxy) is 2. The average Bonchev–Trinajstić information content (AvgIpc) is 2.00. The zero-order valence-corrected chi connectivity index (χ0v) is 10.4. The summed E-state index contributed by atoms with van der Waals surface area (Å²) in [7, 11) is 0. The van der Waals surface area contributed by atoms with Crippen molar-refractivity contribution in [3.63, 3.8) is 0 Å². The van der Waals surface area contributed by atoms with E-state index in [9.17, 15) is 4.79 Å². The summed E-state index contributed by atoms with van der Waals surface area (Å²) in [5.41, 5.74) is -1.19. The molecule has 2 atom stereocenters. The van der Waals surface area contributed by atoms with Crippen LogP contribution in [-0.4, -0.2) is 23.3 Å². The third-order valence-electron chi connectivity index (χ3n) is 2.56. The highest BCUT2D eigenvalue weighted by molar-refractivity contribution is 5.79. The molecule has 3 heteroatoms. The fourth-order valence-corrected chi connectivity index (χ4v) is 1.82. The minimum Gasteiger partial charge on any atom is -0.458 e. The number of carbonyl (C=O) groups is 1. The summed E-state index contributed by atoms with van der Waals surface area (Å²) in [6.07, 6.45) is 2.96. The van der Waals surface area contributed by atoms with Gasteiger partial charge in [-0.2, -0.15) is 0 Å². The molecule has 1 aliphatic heterocycles. The molecule has 0 saturated carbocycles. The molecule has 0 spiro atoms. The Morgan fingerprint density at radius 2 is 2.07 bits per heavy atom. The molecule has 0 aromatic heterocycles. The van der Waals surface area contributed by atoms with Crippen LogP contribution >= 0.6 is 0 Å². The summed E-state index contributed by atoms with van der Waals surface area (Å²) in [6.45, 7) is 9.46. The van der Waals surface area contributed by atoms with Gasteiger partial charge in [0.15, 0.2) is 5.60 Å². The molecule has 0 aliphatic carbocycles. The maximum absolute atomic E-state index is 11.9. The molecule has 0 aromatic rings. The van der Waals surface area contributed by atoms with E-state index in [0.717, 1.165) is 19.3 Å². The largest absolute Gasteiger partial charge is 0.458 e. The minimum atomic E-state index is -0.745. The van der Waals surface area contributed by atoms with E-state index in [-0.39, 0.29) is 12.1 Å². The Labute approximate surface area is 92.1 Å². The molecule has 3 nitrogen and oxygen atoms in total. The van der Waals surface area contributed by atoms with Crippen LogP contribution in [0.4, 0.5) is 0 Å². The summed E-state index contributed by atoms with van der Waals surface area (Å²) < 4.78 is 11.1. The van der Waals surface area contributed by atoms with Crippen molar-refractivity contribution in [1.29, 1.82) is 0 Å². The van der Waals surface area contributed by atoms with Crippen molar-refractivity contribution < 1.29 is 14.3 Å². The van der Waals surface area contributed by atoms with E-state index in [0.29, 0.717) is 0 Å². The Kier molecular flexibility index (Phi) is 3.44. The van der Waals surface area contributed by atoms with Crippen LogP contribution in [0.3, 0.4) is 0 Å². The summed E-state index contributed by atoms with van der Waals surface area (Å²) in [5.74, 6) is -0.235. The molecule has 88 valence electrons. The van der Waals surface area contributed by atoms with Gasteiger partial charge in [-0.1, -0.05) is 0 Å². The van der Waals surface area contributed by atoms with Crippen molar-refractivity contribution in [3.8, 4) is 0 Å².